The van der Waals surface area contributed by atoms with Gasteiger partial charge in [0.05, 0.1) is 0 Å². The minimum absolute atomic E-state index is 0.156. The molecule has 0 aliphatic carbocycles. The molecule has 0 atom stereocenters. The fraction of sp³-hybridized carbons (Fsp3) is 0.500. The van der Waals surface area contributed by atoms with Gasteiger partial charge in [-0.25, -0.2) is 0 Å². The van der Waals surface area contributed by atoms with Crippen LogP contribution in [0.15, 0.2) is 0 Å². The summed E-state index contributed by atoms with van der Waals surface area (Å²) in [5, 5.41) is -4.18. The van der Waals surface area contributed by atoms with E-state index < -0.39 is 20.0 Å². The van der Waals surface area contributed by atoms with Gasteiger partial charge in [0.1, 0.15) is 0 Å². The van der Waals surface area contributed by atoms with Crippen molar-refractivity contribution in [3.63, 3.8) is 0 Å². The molecule has 0 aromatic heterocycles. The van der Waals surface area contributed by atoms with E-state index in [1.54, 1.807) is 0 Å². The molecule has 0 radical (unpaired) electrons. The van der Waals surface area contributed by atoms with Gasteiger partial charge < -0.3 is 0 Å². The maximum absolute atomic E-state index is 11.2. The van der Waals surface area contributed by atoms with Crippen molar-refractivity contribution in [1.82, 2.24) is 0 Å². The van der Waals surface area contributed by atoms with Crippen molar-refractivity contribution in [2.24, 2.45) is 0 Å². The number of hydrogen-bond donors (Lipinski definition) is 0. The number of halogens is 3. The fourth-order valence-electron chi connectivity index (χ4n) is 0.123. The van der Waals surface area contributed by atoms with E-state index in [0.717, 1.165) is 0 Å². The topological polar surface area (TPSA) is 0 Å². The minimum atomic E-state index is -4.03. The molecule has 0 nitrogen and oxygen atoms in total. The third-order valence-corrected chi connectivity index (χ3v) is 1.66. The van der Waals surface area contributed by atoms with Crippen molar-refractivity contribution in [3.05, 3.63) is 0 Å². The molecule has 4 heteroatoms. The zero-order chi connectivity index (χ0) is 6.62. The van der Waals surface area contributed by atoms with Gasteiger partial charge in [0.25, 0.3) is 0 Å². The maximum atomic E-state index is 11.2. The van der Waals surface area contributed by atoms with Crippen LogP contribution >= 0.6 is 0 Å². The van der Waals surface area contributed by atoms with Gasteiger partial charge in [-0.2, -0.15) is 0 Å². The van der Waals surface area contributed by atoms with E-state index in [1.807, 2.05) is 5.92 Å². The van der Waals surface area contributed by atoms with E-state index in [2.05, 4.69) is 6.42 Å². The van der Waals surface area contributed by atoms with Crippen LogP contribution in [0.3, 0.4) is 0 Å². The molecule has 0 rings (SSSR count). The first-order valence-electron chi connectivity index (χ1n) is 1.70. The number of hydrogen-bond acceptors (Lipinski definition) is 0. The molecule has 46 valence electrons. The Labute approximate surface area is 51.6 Å². The Morgan fingerprint density at radius 1 is 1.50 bits per heavy atom. The Morgan fingerprint density at radius 2 is 2.00 bits per heavy atom. The average Bonchev–Trinajstić information content (AvgIpc) is 1.59. The van der Waals surface area contributed by atoms with Gasteiger partial charge in [-0.3, -0.25) is 0 Å². The molecule has 0 aliphatic rings. The van der Waals surface area contributed by atoms with Crippen LogP contribution in [-0.2, 0) is 0 Å². The van der Waals surface area contributed by atoms with Crippen molar-refractivity contribution < 1.29 is 13.2 Å². The monoisotopic (exact) mass is 188 g/mol. The molecule has 0 spiro atoms. The summed E-state index contributed by atoms with van der Waals surface area (Å²) in [7, 11) is 0. The van der Waals surface area contributed by atoms with E-state index >= 15 is 0 Å². The molecule has 0 saturated heterocycles. The van der Waals surface area contributed by atoms with Crippen LogP contribution in [0.25, 0.3) is 0 Å². The van der Waals surface area contributed by atoms with Crippen molar-refractivity contribution >= 4 is 15.0 Å². The Hall–Kier alpha value is -0.131. The second-order valence-electron chi connectivity index (χ2n) is 0.939. The summed E-state index contributed by atoms with van der Waals surface area (Å²) >= 11 is -1.37. The van der Waals surface area contributed by atoms with Crippen molar-refractivity contribution in [2.75, 3.05) is 0 Å². The zero-order valence-electron chi connectivity index (χ0n) is 3.83. The van der Waals surface area contributed by atoms with E-state index in [1.165, 1.54) is 0 Å². The van der Waals surface area contributed by atoms with Gasteiger partial charge in [0, 0.05) is 0 Å². The SMILES string of the molecule is C#CC[Se]C(F)(F)F. The van der Waals surface area contributed by atoms with Crippen molar-refractivity contribution in [2.45, 2.75) is 10.4 Å². The van der Waals surface area contributed by atoms with Crippen molar-refractivity contribution in [3.8, 4) is 12.3 Å². The van der Waals surface area contributed by atoms with Crippen molar-refractivity contribution in [1.29, 1.82) is 0 Å². The quantitative estimate of drug-likeness (QED) is 0.428. The predicted molar refractivity (Wildman–Crippen MR) is 25.4 cm³/mol. The van der Waals surface area contributed by atoms with Gasteiger partial charge in [-0.05, 0) is 0 Å². The molecule has 0 fully saturated rings. The molecule has 0 saturated carbocycles. The summed E-state index contributed by atoms with van der Waals surface area (Å²) < 4.78 is 33.5. The van der Waals surface area contributed by atoms with Crippen LogP contribution < -0.4 is 0 Å². The molecule has 0 amide bonds. The summed E-state index contributed by atoms with van der Waals surface area (Å²) in [4.78, 5) is 0. The Morgan fingerprint density at radius 3 is 2.12 bits per heavy atom. The normalized spacial score (nSPS) is 10.8. The van der Waals surface area contributed by atoms with E-state index in [-0.39, 0.29) is 5.32 Å². The molecule has 0 bridgehead atoms. The Balaban J connectivity index is 3.28. The van der Waals surface area contributed by atoms with Gasteiger partial charge >= 0.3 is 50.9 Å². The summed E-state index contributed by atoms with van der Waals surface area (Å²) in [6, 6.07) is 0. The standard InChI is InChI=1S/C4H3F3Se/c1-2-3-8-4(5,6)7/h1H,3H2. The summed E-state index contributed by atoms with van der Waals surface area (Å²) in [6.45, 7) is 0. The first-order chi connectivity index (χ1) is 3.56. The van der Waals surface area contributed by atoms with E-state index in [9.17, 15) is 13.2 Å². The molecule has 0 unspecified atom stereocenters. The van der Waals surface area contributed by atoms with Crippen LogP contribution in [0.5, 0.6) is 0 Å². The molecule has 0 N–H and O–H groups in total. The first-order valence-corrected chi connectivity index (χ1v) is 3.77. The van der Waals surface area contributed by atoms with Crippen LogP contribution in [0.4, 0.5) is 13.2 Å². The van der Waals surface area contributed by atoms with Gasteiger partial charge in [-0.15, -0.1) is 0 Å². The van der Waals surface area contributed by atoms with Crippen LogP contribution in [-0.4, -0.2) is 20.0 Å². The zero-order valence-corrected chi connectivity index (χ0v) is 5.54. The summed E-state index contributed by atoms with van der Waals surface area (Å²) in [5.74, 6) is 1.93. The number of alkyl halides is 3. The Kier molecular flexibility index (Phi) is 2.96. The Bertz CT molecular complexity index is 98.8. The van der Waals surface area contributed by atoms with Crippen LogP contribution in [0.2, 0.25) is 5.32 Å². The first kappa shape index (κ1) is 7.87. The molecule has 0 heterocycles. The molecule has 8 heavy (non-hydrogen) atoms. The number of terminal acetylenes is 1. The fourth-order valence-corrected chi connectivity index (χ4v) is 0.642. The number of rotatable bonds is 1. The third-order valence-electron chi connectivity index (χ3n) is 0.319. The molecule has 0 aromatic carbocycles. The predicted octanol–water partition coefficient (Wildman–Crippen LogP) is 1.26. The van der Waals surface area contributed by atoms with E-state index in [4.69, 9.17) is 0 Å². The third kappa shape index (κ3) is 5.87. The average molecular weight is 187 g/mol. The van der Waals surface area contributed by atoms with Gasteiger partial charge in [-0.1, -0.05) is 0 Å². The molecular formula is C4H3F3Se. The molecule has 0 aromatic rings. The van der Waals surface area contributed by atoms with Gasteiger partial charge in [0.2, 0.25) is 0 Å². The summed E-state index contributed by atoms with van der Waals surface area (Å²) in [5.41, 5.74) is 0. The van der Waals surface area contributed by atoms with Crippen LogP contribution in [0.1, 0.15) is 0 Å². The molecule has 0 aliphatic heterocycles. The summed E-state index contributed by atoms with van der Waals surface area (Å²) in [6.07, 6.45) is 4.60. The second-order valence-corrected chi connectivity index (χ2v) is 3.12. The van der Waals surface area contributed by atoms with Gasteiger partial charge in [0.15, 0.2) is 0 Å². The molecular weight excluding hydrogens is 184 g/mol. The van der Waals surface area contributed by atoms with Crippen LogP contribution in [0, 0.1) is 12.3 Å². The second kappa shape index (κ2) is 3.01. The van der Waals surface area contributed by atoms with E-state index in [0.29, 0.717) is 0 Å².